The van der Waals surface area contributed by atoms with Crippen molar-refractivity contribution in [2.45, 2.75) is 5.41 Å². The fourth-order valence-corrected chi connectivity index (χ4v) is 10.9. The van der Waals surface area contributed by atoms with Crippen LogP contribution in [0.15, 0.2) is 253 Å². The molecule has 0 amide bonds. The molecule has 0 bridgehead atoms. The molecule has 2 heteroatoms. The van der Waals surface area contributed by atoms with Crippen molar-refractivity contribution < 1.29 is 4.42 Å². The van der Waals surface area contributed by atoms with E-state index in [1.54, 1.807) is 0 Å². The van der Waals surface area contributed by atoms with Crippen LogP contribution in [0.2, 0.25) is 0 Å². The van der Waals surface area contributed by atoms with Gasteiger partial charge >= 0.3 is 0 Å². The first-order valence-electron chi connectivity index (χ1n) is 22.4. The van der Waals surface area contributed by atoms with Crippen LogP contribution in [0.5, 0.6) is 0 Å². The van der Waals surface area contributed by atoms with Crippen LogP contribution < -0.4 is 4.90 Å². The summed E-state index contributed by atoms with van der Waals surface area (Å²) < 4.78 is 6.53. The third-order valence-electron chi connectivity index (χ3n) is 13.8. The normalized spacial score (nSPS) is 12.7. The Balaban J connectivity index is 1.05. The summed E-state index contributed by atoms with van der Waals surface area (Å²) in [6, 6.07) is 90.9. The molecule has 304 valence electrons. The lowest BCUT2D eigenvalue weighted by atomic mass is 9.67. The largest absolute Gasteiger partial charge is 0.455 e. The van der Waals surface area contributed by atoms with Crippen LogP contribution >= 0.6 is 0 Å². The SMILES string of the molecule is c1ccc(C2(c3ccccc3)c3ccccc3-c3ccc(N(c4ccc(-c5cccc6c5oc5ccccc56)cc4)c4ccccc4-c4cccc5c4ccc4ccccc45)cc32)cc1. The molecule has 2 nitrogen and oxygen atoms in total. The number of hydrogen-bond donors (Lipinski definition) is 0. The number of fused-ring (bicyclic) bond motifs is 9. The summed E-state index contributed by atoms with van der Waals surface area (Å²) in [4.78, 5) is 2.46. The van der Waals surface area contributed by atoms with Gasteiger partial charge in [-0.3, -0.25) is 0 Å². The van der Waals surface area contributed by atoms with Gasteiger partial charge in [0.1, 0.15) is 11.2 Å². The van der Waals surface area contributed by atoms with Gasteiger partial charge in [-0.15, -0.1) is 0 Å². The van der Waals surface area contributed by atoms with Crippen molar-refractivity contribution in [1.82, 2.24) is 0 Å². The van der Waals surface area contributed by atoms with Gasteiger partial charge in [0.05, 0.1) is 11.1 Å². The lowest BCUT2D eigenvalue weighted by molar-refractivity contribution is 0.670. The van der Waals surface area contributed by atoms with Crippen LogP contribution in [-0.4, -0.2) is 0 Å². The number of para-hydroxylation sites is 3. The molecule has 0 N–H and O–H groups in total. The second-order valence-electron chi connectivity index (χ2n) is 17.1. The van der Waals surface area contributed by atoms with Gasteiger partial charge < -0.3 is 9.32 Å². The Hall–Kier alpha value is -8.46. The van der Waals surface area contributed by atoms with E-state index in [4.69, 9.17) is 4.42 Å². The molecular formula is C63H41NO. The molecule has 13 rings (SSSR count). The number of rotatable bonds is 7. The summed E-state index contributed by atoms with van der Waals surface area (Å²) in [6.45, 7) is 0. The van der Waals surface area contributed by atoms with Crippen molar-refractivity contribution >= 4 is 60.5 Å². The minimum atomic E-state index is -0.540. The monoisotopic (exact) mass is 827 g/mol. The van der Waals surface area contributed by atoms with Gasteiger partial charge in [-0.1, -0.05) is 212 Å². The molecule has 12 aromatic rings. The van der Waals surface area contributed by atoms with Gasteiger partial charge in [0.25, 0.3) is 0 Å². The highest BCUT2D eigenvalue weighted by atomic mass is 16.3. The van der Waals surface area contributed by atoms with Gasteiger partial charge in [-0.05, 0) is 102 Å². The van der Waals surface area contributed by atoms with Crippen molar-refractivity contribution in [1.29, 1.82) is 0 Å². The summed E-state index contributed by atoms with van der Waals surface area (Å²) in [5.74, 6) is 0. The van der Waals surface area contributed by atoms with Gasteiger partial charge in [-0.2, -0.15) is 0 Å². The highest BCUT2D eigenvalue weighted by Gasteiger charge is 2.46. The quantitative estimate of drug-likeness (QED) is 0.149. The second-order valence-corrected chi connectivity index (χ2v) is 17.1. The van der Waals surface area contributed by atoms with Crippen LogP contribution in [0.1, 0.15) is 22.3 Å². The minimum absolute atomic E-state index is 0.540. The predicted molar refractivity (Wildman–Crippen MR) is 272 cm³/mol. The molecule has 0 fully saturated rings. The topological polar surface area (TPSA) is 16.4 Å². The zero-order valence-electron chi connectivity index (χ0n) is 35.5. The molecule has 0 saturated carbocycles. The van der Waals surface area contributed by atoms with E-state index < -0.39 is 5.41 Å². The number of anilines is 3. The lowest BCUT2D eigenvalue weighted by Crippen LogP contribution is -2.28. The highest BCUT2D eigenvalue weighted by molar-refractivity contribution is 6.13. The third-order valence-corrected chi connectivity index (χ3v) is 13.8. The van der Waals surface area contributed by atoms with Crippen molar-refractivity contribution in [3.63, 3.8) is 0 Å². The van der Waals surface area contributed by atoms with Crippen LogP contribution in [0.25, 0.3) is 76.9 Å². The van der Waals surface area contributed by atoms with Crippen molar-refractivity contribution in [2.24, 2.45) is 0 Å². The van der Waals surface area contributed by atoms with E-state index in [0.29, 0.717) is 0 Å². The van der Waals surface area contributed by atoms with Gasteiger partial charge in [-0.25, -0.2) is 0 Å². The first-order chi connectivity index (χ1) is 32.3. The van der Waals surface area contributed by atoms with Crippen LogP contribution in [-0.2, 0) is 5.41 Å². The van der Waals surface area contributed by atoms with E-state index in [-0.39, 0.29) is 0 Å². The van der Waals surface area contributed by atoms with E-state index in [1.165, 1.54) is 60.5 Å². The minimum Gasteiger partial charge on any atom is -0.455 e. The molecule has 0 saturated heterocycles. The molecule has 0 spiro atoms. The number of furan rings is 1. The molecule has 0 atom stereocenters. The molecule has 0 radical (unpaired) electrons. The Morgan fingerprint density at radius 2 is 0.908 bits per heavy atom. The summed E-state index contributed by atoms with van der Waals surface area (Å²) in [5.41, 5.74) is 16.6. The maximum Gasteiger partial charge on any atom is 0.143 e. The average Bonchev–Trinajstić information content (AvgIpc) is 3.91. The van der Waals surface area contributed by atoms with Crippen molar-refractivity contribution in [2.75, 3.05) is 4.90 Å². The van der Waals surface area contributed by atoms with Crippen LogP contribution in [0, 0.1) is 0 Å². The van der Waals surface area contributed by atoms with E-state index >= 15 is 0 Å². The van der Waals surface area contributed by atoms with E-state index in [9.17, 15) is 0 Å². The molecule has 1 aromatic heterocycles. The van der Waals surface area contributed by atoms with E-state index in [2.05, 4.69) is 248 Å². The Labute approximate surface area is 377 Å². The van der Waals surface area contributed by atoms with Gasteiger partial charge in [0.2, 0.25) is 0 Å². The van der Waals surface area contributed by atoms with Crippen molar-refractivity contribution in [3.05, 3.63) is 271 Å². The highest BCUT2D eigenvalue weighted by Crippen LogP contribution is 2.57. The number of nitrogens with zero attached hydrogens (tertiary/aromatic N) is 1. The fraction of sp³-hybridized carbons (Fsp3) is 0.0159. The first kappa shape index (κ1) is 37.1. The van der Waals surface area contributed by atoms with Gasteiger partial charge in [0.15, 0.2) is 0 Å². The molecule has 11 aromatic carbocycles. The number of hydrogen-bond acceptors (Lipinski definition) is 2. The summed E-state index contributed by atoms with van der Waals surface area (Å²) in [6.07, 6.45) is 0. The maximum absolute atomic E-state index is 6.53. The predicted octanol–water partition coefficient (Wildman–Crippen LogP) is 17.1. The zero-order valence-corrected chi connectivity index (χ0v) is 35.5. The van der Waals surface area contributed by atoms with E-state index in [1.807, 2.05) is 6.07 Å². The Bertz CT molecular complexity index is 3730. The average molecular weight is 828 g/mol. The second kappa shape index (κ2) is 14.8. The molecule has 1 aliphatic rings. The summed E-state index contributed by atoms with van der Waals surface area (Å²) >= 11 is 0. The Kier molecular flexibility index (Phi) is 8.47. The Morgan fingerprint density at radius 3 is 1.71 bits per heavy atom. The molecule has 65 heavy (non-hydrogen) atoms. The summed E-state index contributed by atoms with van der Waals surface area (Å²) in [5, 5.41) is 7.23. The molecule has 0 aliphatic heterocycles. The molecule has 0 unspecified atom stereocenters. The molecule has 1 aliphatic carbocycles. The fourth-order valence-electron chi connectivity index (χ4n) is 10.9. The van der Waals surface area contributed by atoms with E-state index in [0.717, 1.165) is 55.7 Å². The van der Waals surface area contributed by atoms with Crippen LogP contribution in [0.3, 0.4) is 0 Å². The molecular weight excluding hydrogens is 787 g/mol. The first-order valence-corrected chi connectivity index (χ1v) is 22.4. The third kappa shape index (κ3) is 5.67. The lowest BCUT2D eigenvalue weighted by Gasteiger charge is -2.35. The summed E-state index contributed by atoms with van der Waals surface area (Å²) in [7, 11) is 0. The zero-order chi connectivity index (χ0) is 42.9. The number of benzene rings is 11. The molecule has 1 heterocycles. The smallest absolute Gasteiger partial charge is 0.143 e. The Morgan fingerprint density at radius 1 is 0.323 bits per heavy atom. The maximum atomic E-state index is 6.53. The standard InChI is InChI=1S/C63H41NO/c1-3-18-44(19-4-1)63(45-20-5-2-6-21-45)58-30-12-9-23-53(58)54-40-38-47(41-59(54)63)64(46-36-33-43(34-37-46)49-26-15-29-57-56-25-11-14-32-61(56)65-62(49)57)60-31-13-10-24-55(60)51-28-16-27-50-48-22-8-7-17-42(48)35-39-52(50)51/h1-41H. The van der Waals surface area contributed by atoms with Crippen molar-refractivity contribution in [3.8, 4) is 33.4 Å². The van der Waals surface area contributed by atoms with Gasteiger partial charge in [0, 0.05) is 33.3 Å². The van der Waals surface area contributed by atoms with Crippen LogP contribution in [0.4, 0.5) is 17.1 Å².